The molecule has 9 aromatic rings. The summed E-state index contributed by atoms with van der Waals surface area (Å²) in [6, 6.07) is 50.2. The molecular weight excluding hydrogens is 675 g/mol. The van der Waals surface area contributed by atoms with Crippen molar-refractivity contribution in [3.05, 3.63) is 150 Å². The topological polar surface area (TPSA) is 19.6 Å². The molecule has 0 atom stereocenters. The van der Waals surface area contributed by atoms with Crippen LogP contribution >= 0.6 is 11.3 Å². The van der Waals surface area contributed by atoms with Gasteiger partial charge in [0.1, 0.15) is 11.2 Å². The highest BCUT2D eigenvalue weighted by Gasteiger charge is 2.50. The normalized spacial score (nSPS) is 15.2. The second kappa shape index (κ2) is 10.2. The Morgan fingerprint density at radius 3 is 2.22 bits per heavy atom. The molecule has 7 aromatic carbocycles. The summed E-state index contributed by atoms with van der Waals surface area (Å²) in [7, 11) is 0. The predicted octanol–water partition coefficient (Wildman–Crippen LogP) is 12.6. The minimum absolute atomic E-state index is 0.0463. The van der Waals surface area contributed by atoms with E-state index in [1.165, 1.54) is 87.4 Å². The van der Waals surface area contributed by atoms with Crippen molar-refractivity contribution in [1.29, 1.82) is 0 Å². The number of nitrogens with zero attached hydrogens (tertiary/aromatic N) is 2. The van der Waals surface area contributed by atoms with E-state index in [4.69, 9.17) is 4.42 Å². The van der Waals surface area contributed by atoms with Gasteiger partial charge in [0.2, 0.25) is 0 Å². The van der Waals surface area contributed by atoms with E-state index in [0.717, 1.165) is 21.9 Å². The first-order chi connectivity index (χ1) is 26.2. The highest BCUT2D eigenvalue weighted by Crippen LogP contribution is 2.57. The number of benzene rings is 7. The predicted molar refractivity (Wildman–Crippen MR) is 231 cm³/mol. The van der Waals surface area contributed by atoms with Crippen LogP contribution in [0.1, 0.15) is 51.3 Å². The number of para-hydroxylation sites is 3. The Labute approximate surface area is 319 Å². The van der Waals surface area contributed by atoms with Crippen molar-refractivity contribution in [2.24, 2.45) is 0 Å². The van der Waals surface area contributed by atoms with Crippen molar-refractivity contribution < 1.29 is 4.42 Å². The number of furan rings is 1. The molecule has 0 saturated carbocycles. The number of fused-ring (bicyclic) bond motifs is 14. The molecule has 3 aliphatic heterocycles. The van der Waals surface area contributed by atoms with Crippen molar-refractivity contribution in [2.75, 3.05) is 9.71 Å². The molecule has 0 saturated heterocycles. The molecule has 3 nitrogen and oxygen atoms in total. The first kappa shape index (κ1) is 30.7. The Morgan fingerprint density at radius 2 is 1.39 bits per heavy atom. The molecule has 258 valence electrons. The van der Waals surface area contributed by atoms with Crippen LogP contribution in [0.25, 0.3) is 53.2 Å². The van der Waals surface area contributed by atoms with Gasteiger partial charge in [0, 0.05) is 70.2 Å². The molecule has 0 N–H and O–H groups in total. The summed E-state index contributed by atoms with van der Waals surface area (Å²) in [6.45, 7) is 11.6. The van der Waals surface area contributed by atoms with Crippen molar-refractivity contribution in [3.8, 4) is 11.1 Å². The molecule has 54 heavy (non-hydrogen) atoms. The SMILES string of the molecule is CC(C)(C)c1ccc(N2B3c4cccc5c4N(c4ccccc4C5(C)C)c4cc5c(oc6ccccc65)c(c43)-c3ccc4sc5ccccc5c4c32)cc1. The molecule has 0 radical (unpaired) electrons. The van der Waals surface area contributed by atoms with Crippen LogP contribution in [0.5, 0.6) is 0 Å². The van der Waals surface area contributed by atoms with E-state index in [2.05, 4.69) is 178 Å². The molecule has 0 aliphatic carbocycles. The highest BCUT2D eigenvalue weighted by molar-refractivity contribution is 7.26. The third kappa shape index (κ3) is 3.78. The number of hydrogen-bond acceptors (Lipinski definition) is 4. The summed E-state index contributed by atoms with van der Waals surface area (Å²) >= 11 is 1.89. The molecule has 0 amide bonds. The molecule has 0 fully saturated rings. The van der Waals surface area contributed by atoms with Crippen molar-refractivity contribution >= 4 is 99.7 Å². The van der Waals surface area contributed by atoms with E-state index < -0.39 is 0 Å². The second-order valence-electron chi connectivity index (χ2n) is 16.9. The minimum Gasteiger partial charge on any atom is -0.455 e. The van der Waals surface area contributed by atoms with Gasteiger partial charge in [-0.3, -0.25) is 0 Å². The summed E-state index contributed by atoms with van der Waals surface area (Å²) in [5, 5.41) is 4.92. The minimum atomic E-state index is -0.187. The van der Waals surface area contributed by atoms with E-state index in [-0.39, 0.29) is 17.7 Å². The monoisotopic (exact) mass is 712 g/mol. The Kier molecular flexibility index (Phi) is 5.82. The zero-order valence-corrected chi connectivity index (χ0v) is 31.8. The van der Waals surface area contributed by atoms with Crippen LogP contribution in [0.4, 0.5) is 28.4 Å². The van der Waals surface area contributed by atoms with Crippen LogP contribution < -0.4 is 20.6 Å². The van der Waals surface area contributed by atoms with Gasteiger partial charge in [-0.15, -0.1) is 11.3 Å². The zero-order valence-electron chi connectivity index (χ0n) is 31.0. The van der Waals surface area contributed by atoms with Gasteiger partial charge in [-0.25, -0.2) is 0 Å². The number of hydrogen-bond donors (Lipinski definition) is 0. The molecule has 0 bridgehead atoms. The maximum absolute atomic E-state index is 7.02. The summed E-state index contributed by atoms with van der Waals surface area (Å²) < 4.78 is 9.63. The Hall–Kier alpha value is -5.78. The molecule has 0 unspecified atom stereocenters. The van der Waals surface area contributed by atoms with Crippen molar-refractivity contribution in [3.63, 3.8) is 0 Å². The fourth-order valence-corrected chi connectivity index (χ4v) is 11.1. The number of thiophene rings is 1. The van der Waals surface area contributed by atoms with Gasteiger partial charge in [-0.05, 0) is 75.5 Å². The lowest BCUT2D eigenvalue weighted by atomic mass is 9.42. The van der Waals surface area contributed by atoms with Crippen LogP contribution in [0, 0.1) is 0 Å². The first-order valence-corrected chi connectivity index (χ1v) is 19.9. The lowest BCUT2D eigenvalue weighted by Gasteiger charge is -2.50. The van der Waals surface area contributed by atoms with Gasteiger partial charge in [0.25, 0.3) is 0 Å². The van der Waals surface area contributed by atoms with Gasteiger partial charge in [0.15, 0.2) is 0 Å². The Morgan fingerprint density at radius 1 is 0.648 bits per heavy atom. The smallest absolute Gasteiger partial charge is 0.333 e. The maximum Gasteiger partial charge on any atom is 0.333 e. The summed E-state index contributed by atoms with van der Waals surface area (Å²) in [5.74, 6) is 0. The average Bonchev–Trinajstić information content (AvgIpc) is 3.75. The van der Waals surface area contributed by atoms with Gasteiger partial charge in [-0.2, -0.15) is 0 Å². The van der Waals surface area contributed by atoms with Crippen molar-refractivity contribution in [2.45, 2.75) is 45.4 Å². The molecular formula is C49H37BN2OS. The van der Waals surface area contributed by atoms with Gasteiger partial charge in [-0.1, -0.05) is 126 Å². The van der Waals surface area contributed by atoms with Crippen LogP contribution in [-0.4, -0.2) is 6.85 Å². The lowest BCUT2D eigenvalue weighted by Crippen LogP contribution is -2.62. The molecule has 3 aliphatic rings. The third-order valence-corrected chi connectivity index (χ3v) is 13.7. The van der Waals surface area contributed by atoms with E-state index in [1.54, 1.807) is 0 Å². The fourth-order valence-electron chi connectivity index (χ4n) is 10.0. The van der Waals surface area contributed by atoms with E-state index >= 15 is 0 Å². The zero-order chi connectivity index (χ0) is 36.2. The summed E-state index contributed by atoms with van der Waals surface area (Å²) in [4.78, 5) is 5.27. The van der Waals surface area contributed by atoms with Crippen molar-refractivity contribution in [1.82, 2.24) is 0 Å². The van der Waals surface area contributed by atoms with Crippen LogP contribution in [0.15, 0.2) is 138 Å². The number of anilines is 5. The van der Waals surface area contributed by atoms with Gasteiger partial charge in [0.05, 0.1) is 5.69 Å². The molecule has 5 heterocycles. The Bertz CT molecular complexity index is 3090. The molecule has 0 spiro atoms. The molecule has 12 rings (SSSR count). The second-order valence-corrected chi connectivity index (χ2v) is 18.0. The maximum atomic E-state index is 7.02. The van der Waals surface area contributed by atoms with Gasteiger partial charge >= 0.3 is 6.85 Å². The lowest BCUT2D eigenvalue weighted by molar-refractivity contribution is 0.590. The quantitative estimate of drug-likeness (QED) is 0.158. The van der Waals surface area contributed by atoms with Crippen LogP contribution in [0.3, 0.4) is 0 Å². The standard InChI is InChI=1S/C49H37BN2OS/c1-48(2,3)28-21-23-29(24-22-28)52-45-32(25-26-41-42(45)31-14-7-11-20-40(31)54-41)43-44-38(27-33-30-13-6-10-19-39(30)53-47(33)43)51-37-18-9-8-15-34(37)49(4,5)35-16-12-17-36(46(35)51)50(44)52/h6-27H,1-5H3. The summed E-state index contributed by atoms with van der Waals surface area (Å²) in [5.41, 5.74) is 17.1. The van der Waals surface area contributed by atoms with E-state index in [0.29, 0.717) is 0 Å². The molecule has 5 heteroatoms. The highest BCUT2D eigenvalue weighted by atomic mass is 32.1. The first-order valence-electron chi connectivity index (χ1n) is 19.1. The summed E-state index contributed by atoms with van der Waals surface area (Å²) in [6.07, 6.45) is 0. The average molecular weight is 713 g/mol. The van der Waals surface area contributed by atoms with Crippen LogP contribution in [-0.2, 0) is 10.8 Å². The van der Waals surface area contributed by atoms with Gasteiger partial charge < -0.3 is 14.1 Å². The molecule has 2 aromatic heterocycles. The van der Waals surface area contributed by atoms with E-state index in [1.807, 2.05) is 11.3 Å². The number of rotatable bonds is 1. The fraction of sp³-hybridized carbons (Fsp3) is 0.143. The Balaban J connectivity index is 1.31. The van der Waals surface area contributed by atoms with Crippen LogP contribution in [0.2, 0.25) is 0 Å². The largest absolute Gasteiger partial charge is 0.455 e. The third-order valence-electron chi connectivity index (χ3n) is 12.6. The van der Waals surface area contributed by atoms with E-state index in [9.17, 15) is 0 Å².